The topological polar surface area (TPSA) is 26.0 Å². The van der Waals surface area contributed by atoms with Crippen LogP contribution in [0.25, 0.3) is 0 Å². The van der Waals surface area contributed by atoms with E-state index in [1.165, 1.54) is 17.7 Å². The molecule has 2 atom stereocenters. The van der Waals surface area contributed by atoms with Gasteiger partial charge in [-0.15, -0.1) is 0 Å². The molecule has 0 aliphatic carbocycles. The van der Waals surface area contributed by atoms with Crippen molar-refractivity contribution in [3.8, 4) is 0 Å². The van der Waals surface area contributed by atoms with Crippen molar-refractivity contribution in [2.45, 2.75) is 18.4 Å². The van der Waals surface area contributed by atoms with Crippen molar-refractivity contribution in [1.82, 2.24) is 0 Å². The third-order valence-corrected chi connectivity index (χ3v) is 3.84. The molecule has 1 aromatic rings. The molecule has 0 bridgehead atoms. The molecule has 2 unspecified atom stereocenters. The normalized spacial score (nSPS) is 27.6. The van der Waals surface area contributed by atoms with Gasteiger partial charge in [0.15, 0.2) is 0 Å². The molecule has 0 amide bonds. The van der Waals surface area contributed by atoms with Gasteiger partial charge in [0, 0.05) is 17.7 Å². The summed E-state index contributed by atoms with van der Waals surface area (Å²) < 4.78 is 12.7. The van der Waals surface area contributed by atoms with E-state index in [0.717, 1.165) is 17.9 Å². The van der Waals surface area contributed by atoms with Crippen LogP contribution in [0, 0.1) is 5.82 Å². The van der Waals surface area contributed by atoms with E-state index in [2.05, 4.69) is 0 Å². The monoisotopic (exact) mass is 211 g/mol. The molecular weight excluding hydrogens is 197 g/mol. The molecule has 2 rings (SSSR count). The lowest BCUT2D eigenvalue weighted by atomic mass is 9.90. The van der Waals surface area contributed by atoms with Gasteiger partial charge in [-0.3, -0.25) is 0 Å². The van der Waals surface area contributed by atoms with Crippen molar-refractivity contribution in [3.63, 3.8) is 0 Å². The standard InChI is InChI=1S/C11H14FNS/c12-9-3-1-8(2-4-9)10-5-6-14-7-11(10)13/h1-4,10-11H,5-7,13H2. The number of benzene rings is 1. The second-order valence-electron chi connectivity index (χ2n) is 3.69. The maximum absolute atomic E-state index is 12.7. The first-order valence-corrected chi connectivity index (χ1v) is 6.01. The molecule has 1 aromatic carbocycles. The van der Waals surface area contributed by atoms with E-state index in [-0.39, 0.29) is 11.9 Å². The van der Waals surface area contributed by atoms with Gasteiger partial charge in [-0.25, -0.2) is 4.39 Å². The van der Waals surface area contributed by atoms with Crippen molar-refractivity contribution < 1.29 is 4.39 Å². The number of hydrogen-bond acceptors (Lipinski definition) is 2. The summed E-state index contributed by atoms with van der Waals surface area (Å²) in [7, 11) is 0. The maximum atomic E-state index is 12.7. The zero-order valence-corrected chi connectivity index (χ0v) is 8.77. The molecular formula is C11H14FNS. The van der Waals surface area contributed by atoms with Gasteiger partial charge in [0.1, 0.15) is 5.82 Å². The zero-order chi connectivity index (χ0) is 9.97. The minimum atomic E-state index is -0.174. The summed E-state index contributed by atoms with van der Waals surface area (Å²) in [5.41, 5.74) is 7.21. The second-order valence-corrected chi connectivity index (χ2v) is 4.84. The molecule has 1 fully saturated rings. The van der Waals surface area contributed by atoms with Crippen molar-refractivity contribution in [2.24, 2.45) is 5.73 Å². The van der Waals surface area contributed by atoms with Crippen molar-refractivity contribution >= 4 is 11.8 Å². The van der Waals surface area contributed by atoms with E-state index in [9.17, 15) is 4.39 Å². The van der Waals surface area contributed by atoms with Gasteiger partial charge >= 0.3 is 0 Å². The van der Waals surface area contributed by atoms with Crippen LogP contribution in [0.2, 0.25) is 0 Å². The van der Waals surface area contributed by atoms with Crippen LogP contribution in [0.15, 0.2) is 24.3 Å². The number of halogens is 1. The lowest BCUT2D eigenvalue weighted by Crippen LogP contribution is -2.34. The quantitative estimate of drug-likeness (QED) is 0.771. The first-order valence-electron chi connectivity index (χ1n) is 4.86. The highest BCUT2D eigenvalue weighted by Gasteiger charge is 2.23. The maximum Gasteiger partial charge on any atom is 0.123 e. The highest BCUT2D eigenvalue weighted by atomic mass is 32.2. The smallest absolute Gasteiger partial charge is 0.123 e. The van der Waals surface area contributed by atoms with E-state index >= 15 is 0 Å². The van der Waals surface area contributed by atoms with E-state index in [1.54, 1.807) is 0 Å². The average Bonchev–Trinajstić information content (AvgIpc) is 2.20. The van der Waals surface area contributed by atoms with E-state index in [0.29, 0.717) is 5.92 Å². The third-order valence-electron chi connectivity index (χ3n) is 2.70. The molecule has 1 aliphatic rings. The Hall–Kier alpha value is -0.540. The lowest BCUT2D eigenvalue weighted by molar-refractivity contribution is 0.547. The highest BCUT2D eigenvalue weighted by Crippen LogP contribution is 2.30. The Morgan fingerprint density at radius 2 is 2.00 bits per heavy atom. The highest BCUT2D eigenvalue weighted by molar-refractivity contribution is 7.99. The summed E-state index contributed by atoms with van der Waals surface area (Å²) >= 11 is 1.91. The van der Waals surface area contributed by atoms with Gasteiger partial charge in [0.25, 0.3) is 0 Å². The first-order chi connectivity index (χ1) is 6.77. The van der Waals surface area contributed by atoms with Gasteiger partial charge in [-0.05, 0) is 29.9 Å². The Kier molecular flexibility index (Phi) is 3.08. The predicted octanol–water partition coefficient (Wildman–Crippen LogP) is 2.37. The number of hydrogen-bond donors (Lipinski definition) is 1. The molecule has 0 spiro atoms. The minimum absolute atomic E-state index is 0.174. The Balaban J connectivity index is 2.16. The predicted molar refractivity (Wildman–Crippen MR) is 59.1 cm³/mol. The van der Waals surface area contributed by atoms with E-state index in [1.807, 2.05) is 23.9 Å². The third kappa shape index (κ3) is 2.10. The van der Waals surface area contributed by atoms with Crippen molar-refractivity contribution in [2.75, 3.05) is 11.5 Å². The molecule has 0 radical (unpaired) electrons. The average molecular weight is 211 g/mol. The minimum Gasteiger partial charge on any atom is -0.326 e. The van der Waals surface area contributed by atoms with Crippen LogP contribution >= 0.6 is 11.8 Å². The van der Waals surface area contributed by atoms with Gasteiger partial charge < -0.3 is 5.73 Å². The van der Waals surface area contributed by atoms with Crippen LogP contribution in [0.3, 0.4) is 0 Å². The fourth-order valence-corrected chi connectivity index (χ4v) is 2.98. The molecule has 1 saturated heterocycles. The Labute approximate surface area is 87.9 Å². The van der Waals surface area contributed by atoms with Crippen molar-refractivity contribution in [3.05, 3.63) is 35.6 Å². The van der Waals surface area contributed by atoms with Crippen LogP contribution in [0.1, 0.15) is 17.9 Å². The number of thioether (sulfide) groups is 1. The summed E-state index contributed by atoms with van der Waals surface area (Å²) in [5, 5.41) is 0. The van der Waals surface area contributed by atoms with Gasteiger partial charge in [0.2, 0.25) is 0 Å². The molecule has 1 heterocycles. The van der Waals surface area contributed by atoms with Crippen LogP contribution in [0.5, 0.6) is 0 Å². The lowest BCUT2D eigenvalue weighted by Gasteiger charge is -2.28. The van der Waals surface area contributed by atoms with E-state index in [4.69, 9.17) is 5.73 Å². The number of rotatable bonds is 1. The molecule has 2 N–H and O–H groups in total. The van der Waals surface area contributed by atoms with Crippen molar-refractivity contribution in [1.29, 1.82) is 0 Å². The molecule has 1 aliphatic heterocycles. The fraction of sp³-hybridized carbons (Fsp3) is 0.455. The summed E-state index contributed by atoms with van der Waals surface area (Å²) in [6.45, 7) is 0. The first kappa shape index (κ1) is 9.99. The Morgan fingerprint density at radius 3 is 2.64 bits per heavy atom. The Morgan fingerprint density at radius 1 is 1.29 bits per heavy atom. The SMILES string of the molecule is NC1CSCCC1c1ccc(F)cc1. The van der Waals surface area contributed by atoms with Gasteiger partial charge in [-0.2, -0.15) is 11.8 Å². The summed E-state index contributed by atoms with van der Waals surface area (Å²) in [5.74, 6) is 2.42. The van der Waals surface area contributed by atoms with Gasteiger partial charge in [0.05, 0.1) is 0 Å². The summed E-state index contributed by atoms with van der Waals surface area (Å²) in [6, 6.07) is 6.97. The Bertz CT molecular complexity index is 299. The molecule has 76 valence electrons. The van der Waals surface area contributed by atoms with Crippen LogP contribution in [0.4, 0.5) is 4.39 Å². The molecule has 1 nitrogen and oxygen atoms in total. The molecule has 14 heavy (non-hydrogen) atoms. The van der Waals surface area contributed by atoms with E-state index < -0.39 is 0 Å². The van der Waals surface area contributed by atoms with Gasteiger partial charge in [-0.1, -0.05) is 12.1 Å². The molecule has 0 aromatic heterocycles. The zero-order valence-electron chi connectivity index (χ0n) is 7.95. The van der Waals surface area contributed by atoms with Crippen LogP contribution in [-0.2, 0) is 0 Å². The van der Waals surface area contributed by atoms with Crippen LogP contribution in [-0.4, -0.2) is 17.5 Å². The van der Waals surface area contributed by atoms with Crippen LogP contribution < -0.4 is 5.73 Å². The molecule has 0 saturated carbocycles. The summed E-state index contributed by atoms with van der Waals surface area (Å²) in [6.07, 6.45) is 1.11. The number of nitrogens with two attached hydrogens (primary N) is 1. The largest absolute Gasteiger partial charge is 0.326 e. The second kappa shape index (κ2) is 4.32. The molecule has 3 heteroatoms. The summed E-state index contributed by atoms with van der Waals surface area (Å²) in [4.78, 5) is 0. The fourth-order valence-electron chi connectivity index (χ4n) is 1.88.